The van der Waals surface area contributed by atoms with E-state index in [2.05, 4.69) is 13.6 Å². The summed E-state index contributed by atoms with van der Waals surface area (Å²) in [5.41, 5.74) is 0. The minimum absolute atomic E-state index is 0. The van der Waals surface area contributed by atoms with Gasteiger partial charge in [-0.1, -0.05) is 54.6 Å². The van der Waals surface area contributed by atoms with Gasteiger partial charge < -0.3 is 28.3 Å². The molecule has 3 aromatic rings. The smallest absolute Gasteiger partial charge is 0.365 e. The number of para-hydroxylation sites is 3. The quantitative estimate of drug-likeness (QED) is 0.395. The van der Waals surface area contributed by atoms with Gasteiger partial charge in [-0.15, -0.1) is 0 Å². The van der Waals surface area contributed by atoms with Crippen molar-refractivity contribution in [1.29, 1.82) is 0 Å². The Kier molecular flexibility index (Phi) is 16.7. The Balaban J connectivity index is 0.000000429. The summed E-state index contributed by atoms with van der Waals surface area (Å²) in [4.78, 5) is 25.0. The predicted octanol–water partition coefficient (Wildman–Crippen LogP) is 4.34. The Bertz CT molecular complexity index is 794. The second-order valence-corrected chi connectivity index (χ2v) is 7.25. The molecule has 0 saturated heterocycles. The van der Waals surface area contributed by atoms with Crippen LogP contribution in [0.25, 0.3) is 0 Å². The van der Waals surface area contributed by atoms with Crippen LogP contribution in [0, 0.1) is 0 Å². The first-order valence-electron chi connectivity index (χ1n) is 8.24. The van der Waals surface area contributed by atoms with E-state index in [0.29, 0.717) is 17.2 Å². The van der Waals surface area contributed by atoms with Gasteiger partial charge in [0.2, 0.25) is 0 Å². The molecule has 3 rings (SSSR count). The minimum atomic E-state index is -2.84. The summed E-state index contributed by atoms with van der Waals surface area (Å²) < 4.78 is 43.9. The standard InChI is InChI=1S/3C6H7O3P.Co/c3*7-10(8)9-6-4-2-1-3-5-6;/h3*1-5,10H,(H,7,8);. The van der Waals surface area contributed by atoms with Crippen molar-refractivity contribution < 1.29 is 58.7 Å². The summed E-state index contributed by atoms with van der Waals surface area (Å²) in [6.45, 7) is 0. The number of hydrogen-bond acceptors (Lipinski definition) is 6. The SMILES string of the molecule is O=[PH](O)Oc1ccccc1.O=[PH](O)Oc1ccccc1.O=[PH](O)Oc1ccccc1.[Co]. The predicted molar refractivity (Wildman–Crippen MR) is 115 cm³/mol. The van der Waals surface area contributed by atoms with Crippen LogP contribution >= 0.6 is 24.8 Å². The van der Waals surface area contributed by atoms with Crippen molar-refractivity contribution in [3.8, 4) is 17.2 Å². The summed E-state index contributed by atoms with van der Waals surface area (Å²) in [6.07, 6.45) is 0. The third kappa shape index (κ3) is 16.5. The van der Waals surface area contributed by atoms with E-state index >= 15 is 0 Å². The Morgan fingerprint density at radius 1 is 0.452 bits per heavy atom. The van der Waals surface area contributed by atoms with E-state index in [1.165, 1.54) is 0 Å². The van der Waals surface area contributed by atoms with Crippen LogP contribution in [0.15, 0.2) is 91.0 Å². The molecule has 3 N–H and O–H groups in total. The number of benzene rings is 3. The average molecular weight is 533 g/mol. The molecule has 9 nitrogen and oxygen atoms in total. The van der Waals surface area contributed by atoms with Crippen LogP contribution < -0.4 is 13.6 Å². The summed E-state index contributed by atoms with van der Waals surface area (Å²) in [6, 6.07) is 25.6. The van der Waals surface area contributed by atoms with E-state index in [1.807, 2.05) is 0 Å². The third-order valence-electron chi connectivity index (χ3n) is 2.85. The fraction of sp³-hybridized carbons (Fsp3) is 0. The molecule has 171 valence electrons. The van der Waals surface area contributed by atoms with Crippen molar-refractivity contribution >= 4 is 24.8 Å². The summed E-state index contributed by atoms with van der Waals surface area (Å²) in [5.74, 6) is 1.27. The van der Waals surface area contributed by atoms with Crippen molar-refractivity contribution in [2.24, 2.45) is 0 Å². The van der Waals surface area contributed by atoms with Crippen LogP contribution in [0.1, 0.15) is 0 Å². The minimum Gasteiger partial charge on any atom is -0.426 e. The molecule has 0 saturated carbocycles. The largest absolute Gasteiger partial charge is 0.426 e. The Morgan fingerprint density at radius 2 is 0.645 bits per heavy atom. The first kappa shape index (κ1) is 29.1. The third-order valence-corrected chi connectivity index (χ3v) is 4.08. The van der Waals surface area contributed by atoms with Crippen molar-refractivity contribution in [2.75, 3.05) is 0 Å². The van der Waals surface area contributed by atoms with Crippen LogP contribution in [0.4, 0.5) is 0 Å². The normalized spacial score (nSPS) is 12.1. The van der Waals surface area contributed by atoms with Gasteiger partial charge >= 0.3 is 24.8 Å². The van der Waals surface area contributed by atoms with Crippen molar-refractivity contribution in [3.63, 3.8) is 0 Å². The molecule has 0 amide bonds. The van der Waals surface area contributed by atoms with Crippen LogP contribution in [0.5, 0.6) is 17.2 Å². The maximum absolute atomic E-state index is 10.1. The van der Waals surface area contributed by atoms with Gasteiger partial charge in [0.15, 0.2) is 0 Å². The molecule has 31 heavy (non-hydrogen) atoms. The maximum atomic E-state index is 10.1. The molecule has 13 heteroatoms. The summed E-state index contributed by atoms with van der Waals surface area (Å²) >= 11 is 0. The number of rotatable bonds is 6. The molecule has 0 bridgehead atoms. The topological polar surface area (TPSA) is 140 Å². The van der Waals surface area contributed by atoms with Crippen LogP contribution in [0.3, 0.4) is 0 Å². The average Bonchev–Trinajstić information content (AvgIpc) is 2.70. The van der Waals surface area contributed by atoms with Gasteiger partial charge in [-0.2, -0.15) is 0 Å². The van der Waals surface area contributed by atoms with Gasteiger partial charge in [0.25, 0.3) is 0 Å². The zero-order valence-corrected chi connectivity index (χ0v) is 19.8. The van der Waals surface area contributed by atoms with Crippen molar-refractivity contribution in [1.82, 2.24) is 0 Å². The first-order valence-corrected chi connectivity index (χ1v) is 12.0. The maximum Gasteiger partial charge on any atom is 0.365 e. The van der Waals surface area contributed by atoms with Gasteiger partial charge in [-0.3, -0.25) is 0 Å². The van der Waals surface area contributed by atoms with E-state index in [4.69, 9.17) is 14.7 Å². The molecule has 0 aromatic heterocycles. The van der Waals surface area contributed by atoms with E-state index in [1.54, 1.807) is 91.0 Å². The molecule has 0 aliphatic heterocycles. The molecule has 3 unspecified atom stereocenters. The van der Waals surface area contributed by atoms with E-state index in [-0.39, 0.29) is 16.8 Å². The van der Waals surface area contributed by atoms with E-state index in [0.717, 1.165) is 0 Å². The van der Waals surface area contributed by atoms with Crippen LogP contribution in [-0.2, 0) is 30.5 Å². The van der Waals surface area contributed by atoms with E-state index < -0.39 is 24.8 Å². The molecular weight excluding hydrogens is 512 g/mol. The molecule has 0 aliphatic carbocycles. The molecular formula is C18H21CoO9P3. The second-order valence-electron chi connectivity index (χ2n) is 5.04. The zero-order valence-electron chi connectivity index (χ0n) is 15.8. The Hall–Kier alpha value is -1.86. The van der Waals surface area contributed by atoms with E-state index in [9.17, 15) is 13.7 Å². The summed E-state index contributed by atoms with van der Waals surface area (Å²) in [5, 5.41) is 0. The molecule has 0 heterocycles. The molecule has 0 fully saturated rings. The zero-order chi connectivity index (χ0) is 22.2. The Labute approximate surface area is 191 Å². The molecule has 1 radical (unpaired) electrons. The van der Waals surface area contributed by atoms with Crippen LogP contribution in [0.2, 0.25) is 0 Å². The fourth-order valence-electron chi connectivity index (χ4n) is 1.77. The summed E-state index contributed by atoms with van der Waals surface area (Å²) in [7, 11) is -8.51. The first-order chi connectivity index (χ1) is 14.4. The fourth-order valence-corrected chi connectivity index (χ4v) is 2.78. The van der Waals surface area contributed by atoms with Crippen molar-refractivity contribution in [3.05, 3.63) is 91.0 Å². The molecule has 0 spiro atoms. The number of hydrogen-bond donors (Lipinski definition) is 3. The Morgan fingerprint density at radius 3 is 0.806 bits per heavy atom. The molecule has 0 aliphatic rings. The van der Waals surface area contributed by atoms with Gasteiger partial charge in [0, 0.05) is 16.8 Å². The van der Waals surface area contributed by atoms with Gasteiger partial charge in [0.1, 0.15) is 17.2 Å². The van der Waals surface area contributed by atoms with Crippen LogP contribution in [-0.4, -0.2) is 14.7 Å². The second kappa shape index (κ2) is 17.8. The van der Waals surface area contributed by atoms with Gasteiger partial charge in [0.05, 0.1) is 0 Å². The molecule has 3 aromatic carbocycles. The van der Waals surface area contributed by atoms with Crippen molar-refractivity contribution in [2.45, 2.75) is 0 Å². The van der Waals surface area contributed by atoms with Gasteiger partial charge in [-0.25, -0.2) is 13.7 Å². The molecule has 3 atom stereocenters. The van der Waals surface area contributed by atoms with Gasteiger partial charge in [-0.05, 0) is 36.4 Å². The monoisotopic (exact) mass is 533 g/mol.